The summed E-state index contributed by atoms with van der Waals surface area (Å²) in [6.07, 6.45) is 0.419. The number of benzene rings is 1. The Bertz CT molecular complexity index is 474. The van der Waals surface area contributed by atoms with E-state index in [1.165, 1.54) is 0 Å². The lowest BCUT2D eigenvalue weighted by Gasteiger charge is -2.37. The van der Waals surface area contributed by atoms with E-state index in [1.807, 2.05) is 43.0 Å². The summed E-state index contributed by atoms with van der Waals surface area (Å²) in [7, 11) is 0. The Balaban J connectivity index is 1.81. The largest absolute Gasteiger partial charge is 0.389 e. The van der Waals surface area contributed by atoms with E-state index in [4.69, 9.17) is 11.6 Å². The summed E-state index contributed by atoms with van der Waals surface area (Å²) in [4.78, 5) is 16.4. The molecule has 0 aliphatic carbocycles. The maximum absolute atomic E-state index is 12.3. The first-order chi connectivity index (χ1) is 9.83. The minimum Gasteiger partial charge on any atom is -0.389 e. The van der Waals surface area contributed by atoms with Gasteiger partial charge in [0, 0.05) is 37.7 Å². The van der Waals surface area contributed by atoms with Crippen LogP contribution in [0.1, 0.15) is 19.4 Å². The highest BCUT2D eigenvalue weighted by molar-refractivity contribution is 6.30. The van der Waals surface area contributed by atoms with Gasteiger partial charge in [0.05, 0.1) is 12.0 Å². The monoisotopic (exact) mass is 310 g/mol. The summed E-state index contributed by atoms with van der Waals surface area (Å²) in [5, 5.41) is 10.5. The van der Waals surface area contributed by atoms with E-state index in [2.05, 4.69) is 4.90 Å². The van der Waals surface area contributed by atoms with Crippen molar-refractivity contribution in [3.8, 4) is 0 Å². The van der Waals surface area contributed by atoms with Crippen LogP contribution in [-0.2, 0) is 11.2 Å². The summed E-state index contributed by atoms with van der Waals surface area (Å²) < 4.78 is 0. The molecule has 2 rings (SSSR count). The number of rotatable bonds is 4. The zero-order valence-electron chi connectivity index (χ0n) is 12.7. The molecule has 4 nitrogen and oxygen atoms in total. The van der Waals surface area contributed by atoms with Crippen LogP contribution in [0.15, 0.2) is 24.3 Å². The third-order valence-corrected chi connectivity index (χ3v) is 3.86. The second kappa shape index (κ2) is 6.77. The molecule has 1 aliphatic heterocycles. The number of hydrogen-bond donors (Lipinski definition) is 1. The van der Waals surface area contributed by atoms with E-state index in [1.54, 1.807) is 0 Å². The van der Waals surface area contributed by atoms with E-state index >= 15 is 0 Å². The standard InChI is InChI=1S/C16H23ClN2O2/c1-16(2,21)12-18-7-9-19(10-8-18)15(20)11-13-3-5-14(17)6-4-13/h3-6,21H,7-12H2,1-2H3. The molecule has 0 aromatic heterocycles. The van der Waals surface area contributed by atoms with Crippen LogP contribution in [0.3, 0.4) is 0 Å². The number of carbonyl (C=O) groups excluding carboxylic acids is 1. The smallest absolute Gasteiger partial charge is 0.227 e. The molecule has 1 saturated heterocycles. The first-order valence-electron chi connectivity index (χ1n) is 7.30. The van der Waals surface area contributed by atoms with Crippen molar-refractivity contribution in [2.45, 2.75) is 25.9 Å². The molecule has 0 unspecified atom stereocenters. The lowest BCUT2D eigenvalue weighted by Crippen LogP contribution is -2.52. The van der Waals surface area contributed by atoms with Crippen LogP contribution in [-0.4, -0.2) is 59.1 Å². The van der Waals surface area contributed by atoms with Crippen molar-refractivity contribution in [1.82, 2.24) is 9.80 Å². The summed E-state index contributed by atoms with van der Waals surface area (Å²) in [6.45, 7) is 7.35. The zero-order valence-corrected chi connectivity index (χ0v) is 13.4. The SMILES string of the molecule is CC(C)(O)CN1CCN(C(=O)Cc2ccc(Cl)cc2)CC1. The van der Waals surface area contributed by atoms with Crippen LogP contribution in [0.2, 0.25) is 5.02 Å². The Morgan fingerprint density at radius 2 is 1.76 bits per heavy atom. The van der Waals surface area contributed by atoms with Crippen LogP contribution in [0.4, 0.5) is 0 Å². The van der Waals surface area contributed by atoms with Crippen LogP contribution in [0.5, 0.6) is 0 Å². The maximum atomic E-state index is 12.3. The second-order valence-electron chi connectivity index (χ2n) is 6.27. The van der Waals surface area contributed by atoms with Gasteiger partial charge >= 0.3 is 0 Å². The molecule has 0 saturated carbocycles. The maximum Gasteiger partial charge on any atom is 0.227 e. The molecule has 21 heavy (non-hydrogen) atoms. The minimum atomic E-state index is -0.685. The Labute approximate surface area is 131 Å². The quantitative estimate of drug-likeness (QED) is 0.922. The van der Waals surface area contributed by atoms with Crippen molar-refractivity contribution in [1.29, 1.82) is 0 Å². The number of aliphatic hydroxyl groups is 1. The number of amides is 1. The number of β-amino-alcohol motifs (C(OH)–C–C–N with tert-alkyl or cyclic N) is 1. The van der Waals surface area contributed by atoms with Gasteiger partial charge in [-0.15, -0.1) is 0 Å². The molecule has 1 aromatic rings. The van der Waals surface area contributed by atoms with E-state index in [0.717, 1.165) is 31.7 Å². The zero-order chi connectivity index (χ0) is 15.5. The number of halogens is 1. The molecule has 0 radical (unpaired) electrons. The predicted octanol–water partition coefficient (Wildman–Crippen LogP) is 1.80. The fraction of sp³-hybridized carbons (Fsp3) is 0.562. The van der Waals surface area contributed by atoms with Gasteiger partial charge in [-0.25, -0.2) is 0 Å². The fourth-order valence-corrected chi connectivity index (χ4v) is 2.72. The lowest BCUT2D eigenvalue weighted by atomic mass is 10.1. The van der Waals surface area contributed by atoms with Crippen LogP contribution in [0, 0.1) is 0 Å². The molecule has 1 aromatic carbocycles. The van der Waals surface area contributed by atoms with Gasteiger partial charge in [0.15, 0.2) is 0 Å². The first kappa shape index (κ1) is 16.3. The van der Waals surface area contributed by atoms with Gasteiger partial charge in [0.1, 0.15) is 0 Å². The summed E-state index contributed by atoms with van der Waals surface area (Å²) in [5.41, 5.74) is 0.304. The van der Waals surface area contributed by atoms with Crippen molar-refractivity contribution in [3.05, 3.63) is 34.9 Å². The number of nitrogens with zero attached hydrogens (tertiary/aromatic N) is 2. The summed E-state index contributed by atoms with van der Waals surface area (Å²) in [6, 6.07) is 7.41. The molecule has 1 fully saturated rings. The third-order valence-electron chi connectivity index (χ3n) is 3.60. The highest BCUT2D eigenvalue weighted by Gasteiger charge is 2.24. The van der Waals surface area contributed by atoms with Crippen LogP contribution in [0.25, 0.3) is 0 Å². The third kappa shape index (κ3) is 5.30. The van der Waals surface area contributed by atoms with Gasteiger partial charge in [-0.2, -0.15) is 0 Å². The van der Waals surface area contributed by atoms with Crippen molar-refractivity contribution in [2.75, 3.05) is 32.7 Å². The predicted molar refractivity (Wildman–Crippen MR) is 84.5 cm³/mol. The first-order valence-corrected chi connectivity index (χ1v) is 7.68. The topological polar surface area (TPSA) is 43.8 Å². The van der Waals surface area contributed by atoms with Gasteiger partial charge in [-0.05, 0) is 31.5 Å². The number of hydrogen-bond acceptors (Lipinski definition) is 3. The minimum absolute atomic E-state index is 0.153. The molecule has 1 N–H and O–H groups in total. The highest BCUT2D eigenvalue weighted by Crippen LogP contribution is 2.13. The lowest BCUT2D eigenvalue weighted by molar-refractivity contribution is -0.132. The molecular formula is C16H23ClN2O2. The van der Waals surface area contributed by atoms with Gasteiger partial charge < -0.3 is 10.0 Å². The van der Waals surface area contributed by atoms with Crippen molar-refractivity contribution >= 4 is 17.5 Å². The normalized spacial score (nSPS) is 17.0. The molecule has 0 spiro atoms. The average Bonchev–Trinajstić information content (AvgIpc) is 2.40. The van der Waals surface area contributed by atoms with Gasteiger partial charge in [-0.1, -0.05) is 23.7 Å². The fourth-order valence-electron chi connectivity index (χ4n) is 2.59. The number of piperazine rings is 1. The van der Waals surface area contributed by atoms with Crippen LogP contribution >= 0.6 is 11.6 Å². The molecular weight excluding hydrogens is 288 g/mol. The Morgan fingerprint density at radius 3 is 2.29 bits per heavy atom. The Hall–Kier alpha value is -1.10. The Morgan fingerprint density at radius 1 is 1.19 bits per heavy atom. The van der Waals surface area contributed by atoms with Crippen LogP contribution < -0.4 is 0 Å². The van der Waals surface area contributed by atoms with Crippen molar-refractivity contribution in [2.24, 2.45) is 0 Å². The molecule has 1 aliphatic rings. The summed E-state index contributed by atoms with van der Waals surface area (Å²) in [5.74, 6) is 0.153. The molecule has 116 valence electrons. The second-order valence-corrected chi connectivity index (χ2v) is 6.71. The number of carbonyl (C=O) groups is 1. The van der Waals surface area contributed by atoms with Crippen molar-refractivity contribution in [3.63, 3.8) is 0 Å². The molecule has 0 bridgehead atoms. The molecule has 0 atom stereocenters. The van der Waals surface area contributed by atoms with Gasteiger partial charge in [0.25, 0.3) is 0 Å². The molecule has 5 heteroatoms. The van der Waals surface area contributed by atoms with Gasteiger partial charge in [-0.3, -0.25) is 9.69 Å². The van der Waals surface area contributed by atoms with E-state index in [0.29, 0.717) is 18.0 Å². The highest BCUT2D eigenvalue weighted by atomic mass is 35.5. The van der Waals surface area contributed by atoms with E-state index in [9.17, 15) is 9.90 Å². The van der Waals surface area contributed by atoms with Crippen molar-refractivity contribution < 1.29 is 9.90 Å². The Kier molecular flexibility index (Phi) is 5.25. The average molecular weight is 311 g/mol. The van der Waals surface area contributed by atoms with E-state index in [-0.39, 0.29) is 5.91 Å². The molecule has 1 heterocycles. The molecule has 1 amide bonds. The van der Waals surface area contributed by atoms with Gasteiger partial charge in [0.2, 0.25) is 5.91 Å². The van der Waals surface area contributed by atoms with E-state index < -0.39 is 5.60 Å². The summed E-state index contributed by atoms with van der Waals surface area (Å²) >= 11 is 5.84.